The molecule has 0 spiro atoms. The molecule has 0 saturated carbocycles. The van der Waals surface area contributed by atoms with Crippen LogP contribution in [-0.2, 0) is 6.54 Å². The number of benzene rings is 2. The molecule has 0 unspecified atom stereocenters. The second-order valence-electron chi connectivity index (χ2n) is 4.94. The maximum absolute atomic E-state index is 13.1. The highest BCUT2D eigenvalue weighted by Gasteiger charge is 2.09. The molecule has 1 aromatic heterocycles. The molecule has 0 aliphatic rings. The third kappa shape index (κ3) is 3.12. The molecule has 0 saturated heterocycles. The maximum Gasteiger partial charge on any atom is 0.226 e. The molecule has 3 rings (SSSR count). The van der Waals surface area contributed by atoms with Crippen LogP contribution in [0.25, 0.3) is 11.5 Å². The quantitative estimate of drug-likeness (QED) is 0.731. The van der Waals surface area contributed by atoms with Crippen LogP contribution in [-0.4, -0.2) is 4.98 Å². The molecule has 3 aromatic rings. The van der Waals surface area contributed by atoms with Gasteiger partial charge in [0.25, 0.3) is 0 Å². The van der Waals surface area contributed by atoms with Crippen molar-refractivity contribution >= 4 is 17.3 Å². The Labute approximate surface area is 132 Å². The predicted molar refractivity (Wildman–Crippen MR) is 85.4 cm³/mol. The Kier molecular flexibility index (Phi) is 4.11. The SMILES string of the molecule is Cc1ccccc1-c1nc(CNc2ccc(F)c(Cl)c2)co1. The van der Waals surface area contributed by atoms with E-state index < -0.39 is 5.82 Å². The van der Waals surface area contributed by atoms with E-state index in [1.807, 2.05) is 31.2 Å². The van der Waals surface area contributed by atoms with E-state index in [4.69, 9.17) is 16.0 Å². The molecule has 2 aromatic carbocycles. The predicted octanol–water partition coefficient (Wildman–Crippen LogP) is 5.05. The molecule has 0 aliphatic heterocycles. The van der Waals surface area contributed by atoms with Crippen molar-refractivity contribution in [3.8, 4) is 11.5 Å². The first kappa shape index (κ1) is 14.6. The molecule has 0 amide bonds. The second-order valence-corrected chi connectivity index (χ2v) is 5.35. The van der Waals surface area contributed by atoms with Crippen molar-refractivity contribution in [3.05, 3.63) is 70.8 Å². The van der Waals surface area contributed by atoms with Crippen molar-refractivity contribution in [1.82, 2.24) is 4.98 Å². The molecule has 0 atom stereocenters. The van der Waals surface area contributed by atoms with Crippen molar-refractivity contribution in [2.75, 3.05) is 5.32 Å². The molecule has 0 aliphatic carbocycles. The second kappa shape index (κ2) is 6.20. The van der Waals surface area contributed by atoms with E-state index in [9.17, 15) is 4.39 Å². The molecule has 3 nitrogen and oxygen atoms in total. The zero-order valence-electron chi connectivity index (χ0n) is 11.9. The van der Waals surface area contributed by atoms with Gasteiger partial charge in [-0.15, -0.1) is 0 Å². The first-order valence-corrected chi connectivity index (χ1v) is 7.20. The molecule has 112 valence electrons. The van der Waals surface area contributed by atoms with Gasteiger partial charge in [0.2, 0.25) is 5.89 Å². The molecule has 0 bridgehead atoms. The minimum atomic E-state index is -0.435. The van der Waals surface area contributed by atoms with Crippen molar-refractivity contribution in [3.63, 3.8) is 0 Å². The molecule has 0 fully saturated rings. The summed E-state index contributed by atoms with van der Waals surface area (Å²) >= 11 is 5.75. The van der Waals surface area contributed by atoms with Gasteiger partial charge in [-0.1, -0.05) is 29.8 Å². The summed E-state index contributed by atoms with van der Waals surface area (Å²) in [4.78, 5) is 4.46. The van der Waals surface area contributed by atoms with Crippen LogP contribution in [0.5, 0.6) is 0 Å². The van der Waals surface area contributed by atoms with Crippen molar-refractivity contribution in [2.24, 2.45) is 0 Å². The fraction of sp³-hybridized carbons (Fsp3) is 0.118. The zero-order chi connectivity index (χ0) is 15.5. The van der Waals surface area contributed by atoms with E-state index >= 15 is 0 Å². The van der Waals surface area contributed by atoms with Gasteiger partial charge in [-0.3, -0.25) is 0 Å². The lowest BCUT2D eigenvalue weighted by atomic mass is 10.1. The van der Waals surface area contributed by atoms with Crippen LogP contribution in [0.2, 0.25) is 5.02 Å². The van der Waals surface area contributed by atoms with Crippen LogP contribution in [0, 0.1) is 12.7 Å². The number of halogens is 2. The largest absolute Gasteiger partial charge is 0.444 e. The topological polar surface area (TPSA) is 38.1 Å². The highest BCUT2D eigenvalue weighted by atomic mass is 35.5. The number of aromatic nitrogens is 1. The summed E-state index contributed by atoms with van der Waals surface area (Å²) < 4.78 is 18.6. The number of nitrogens with zero attached hydrogens (tertiary/aromatic N) is 1. The normalized spacial score (nSPS) is 10.7. The summed E-state index contributed by atoms with van der Waals surface area (Å²) in [6, 6.07) is 12.4. The van der Waals surface area contributed by atoms with Gasteiger partial charge >= 0.3 is 0 Å². The van der Waals surface area contributed by atoms with Crippen molar-refractivity contribution in [1.29, 1.82) is 0 Å². The monoisotopic (exact) mass is 316 g/mol. The maximum atomic E-state index is 13.1. The summed E-state index contributed by atoms with van der Waals surface area (Å²) in [5.41, 5.74) is 3.57. The molecule has 5 heteroatoms. The smallest absolute Gasteiger partial charge is 0.226 e. The summed E-state index contributed by atoms with van der Waals surface area (Å²) in [5.74, 6) is 0.155. The summed E-state index contributed by atoms with van der Waals surface area (Å²) in [6.45, 7) is 2.48. The standard InChI is InChI=1S/C17H14ClFN2O/c1-11-4-2-3-5-14(11)17-21-13(10-22-17)9-20-12-6-7-16(19)15(18)8-12/h2-8,10,20H,9H2,1H3. The van der Waals surface area contributed by atoms with Crippen LogP contribution >= 0.6 is 11.6 Å². The van der Waals surface area contributed by atoms with Crippen LogP contribution in [0.15, 0.2) is 53.1 Å². The van der Waals surface area contributed by atoms with Gasteiger partial charge < -0.3 is 9.73 Å². The lowest BCUT2D eigenvalue weighted by molar-refractivity contribution is 0.572. The summed E-state index contributed by atoms with van der Waals surface area (Å²) in [7, 11) is 0. The van der Waals surface area contributed by atoms with Crippen molar-refractivity contribution in [2.45, 2.75) is 13.5 Å². The minimum absolute atomic E-state index is 0.0887. The number of hydrogen-bond donors (Lipinski definition) is 1. The van der Waals surface area contributed by atoms with Gasteiger partial charge in [0.15, 0.2) is 0 Å². The minimum Gasteiger partial charge on any atom is -0.444 e. The first-order valence-electron chi connectivity index (χ1n) is 6.83. The Morgan fingerprint density at radius 1 is 1.23 bits per heavy atom. The third-order valence-corrected chi connectivity index (χ3v) is 3.61. The average Bonchev–Trinajstić information content (AvgIpc) is 2.98. The molecular weight excluding hydrogens is 303 g/mol. The molecule has 22 heavy (non-hydrogen) atoms. The summed E-state index contributed by atoms with van der Waals surface area (Å²) in [5, 5.41) is 3.22. The van der Waals surface area contributed by atoms with E-state index in [1.54, 1.807) is 18.4 Å². The third-order valence-electron chi connectivity index (χ3n) is 3.32. The number of oxazole rings is 1. The fourth-order valence-corrected chi connectivity index (χ4v) is 2.30. The molecular formula is C17H14ClFN2O. The highest BCUT2D eigenvalue weighted by Crippen LogP contribution is 2.23. The van der Waals surface area contributed by atoms with Gasteiger partial charge in [-0.05, 0) is 36.8 Å². The summed E-state index contributed by atoms with van der Waals surface area (Å²) in [6.07, 6.45) is 1.61. The Bertz CT molecular complexity index is 801. The number of rotatable bonds is 4. The molecule has 1 N–H and O–H groups in total. The van der Waals surface area contributed by atoms with Crippen LogP contribution in [0.1, 0.15) is 11.3 Å². The van der Waals surface area contributed by atoms with Gasteiger partial charge in [-0.25, -0.2) is 9.37 Å². The Balaban J connectivity index is 1.72. The first-order chi connectivity index (χ1) is 10.6. The van der Waals surface area contributed by atoms with Crippen LogP contribution in [0.3, 0.4) is 0 Å². The van der Waals surface area contributed by atoms with E-state index in [0.717, 1.165) is 22.5 Å². The Hall–Kier alpha value is -2.33. The van der Waals surface area contributed by atoms with Gasteiger partial charge in [0, 0.05) is 11.3 Å². The Morgan fingerprint density at radius 2 is 2.05 bits per heavy atom. The van der Waals surface area contributed by atoms with Crippen LogP contribution < -0.4 is 5.32 Å². The number of anilines is 1. The number of hydrogen-bond acceptors (Lipinski definition) is 3. The van der Waals surface area contributed by atoms with E-state index in [0.29, 0.717) is 12.4 Å². The van der Waals surface area contributed by atoms with Gasteiger partial charge in [-0.2, -0.15) is 0 Å². The zero-order valence-corrected chi connectivity index (χ0v) is 12.7. The van der Waals surface area contributed by atoms with E-state index in [2.05, 4.69) is 10.3 Å². The Morgan fingerprint density at radius 3 is 2.82 bits per heavy atom. The fourth-order valence-electron chi connectivity index (χ4n) is 2.12. The lowest BCUT2D eigenvalue weighted by Crippen LogP contribution is -2.00. The molecule has 1 heterocycles. The van der Waals surface area contributed by atoms with Gasteiger partial charge in [0.05, 0.1) is 17.3 Å². The van der Waals surface area contributed by atoms with Gasteiger partial charge in [0.1, 0.15) is 12.1 Å². The van der Waals surface area contributed by atoms with Crippen molar-refractivity contribution < 1.29 is 8.81 Å². The van der Waals surface area contributed by atoms with E-state index in [-0.39, 0.29) is 5.02 Å². The molecule has 0 radical (unpaired) electrons. The number of nitrogens with one attached hydrogen (secondary N) is 1. The highest BCUT2D eigenvalue weighted by molar-refractivity contribution is 6.31. The average molecular weight is 317 g/mol. The lowest BCUT2D eigenvalue weighted by Gasteiger charge is -2.04. The number of aryl methyl sites for hydroxylation is 1. The van der Waals surface area contributed by atoms with E-state index in [1.165, 1.54) is 6.07 Å². The van der Waals surface area contributed by atoms with Crippen LogP contribution in [0.4, 0.5) is 10.1 Å².